The van der Waals surface area contributed by atoms with Crippen LogP contribution in [0.15, 0.2) is 46.6 Å². The second-order valence-corrected chi connectivity index (χ2v) is 6.20. The van der Waals surface area contributed by atoms with Crippen LogP contribution < -0.4 is 0 Å². The Hall–Kier alpha value is -2.87. The van der Waals surface area contributed by atoms with E-state index in [4.69, 9.17) is 4.52 Å². The quantitative estimate of drug-likeness (QED) is 0.569. The van der Waals surface area contributed by atoms with Crippen LogP contribution in [0.5, 0.6) is 0 Å². The van der Waals surface area contributed by atoms with E-state index in [-0.39, 0.29) is 5.82 Å². The highest BCUT2D eigenvalue weighted by atomic mass is 32.1. The number of halogens is 1. The number of aromatic nitrogens is 5. The number of benzene rings is 1. The van der Waals surface area contributed by atoms with Crippen molar-refractivity contribution >= 4 is 11.3 Å². The van der Waals surface area contributed by atoms with Crippen LogP contribution in [-0.2, 0) is 13.5 Å². The van der Waals surface area contributed by atoms with E-state index in [0.717, 1.165) is 16.1 Å². The lowest BCUT2D eigenvalue weighted by molar-refractivity contribution is 0.431. The van der Waals surface area contributed by atoms with Crippen molar-refractivity contribution in [2.24, 2.45) is 7.05 Å². The summed E-state index contributed by atoms with van der Waals surface area (Å²) in [5.41, 5.74) is 2.27. The number of hydrogen-bond donors (Lipinski definition) is 0. The summed E-state index contributed by atoms with van der Waals surface area (Å²) in [6.45, 7) is 0. The molecule has 0 radical (unpaired) electrons. The maximum atomic E-state index is 13.2. The molecule has 24 heavy (non-hydrogen) atoms. The highest BCUT2D eigenvalue weighted by Crippen LogP contribution is 2.24. The van der Waals surface area contributed by atoms with E-state index >= 15 is 0 Å². The van der Waals surface area contributed by atoms with Gasteiger partial charge in [-0.2, -0.15) is 10.1 Å². The van der Waals surface area contributed by atoms with E-state index in [1.54, 1.807) is 16.9 Å². The lowest BCUT2D eigenvalue weighted by atomic mass is 10.1. The van der Waals surface area contributed by atoms with Gasteiger partial charge in [-0.05, 0) is 17.7 Å². The minimum Gasteiger partial charge on any atom is -0.332 e. The molecule has 0 saturated carbocycles. The molecule has 0 amide bonds. The topological polar surface area (TPSA) is 69.6 Å². The molecule has 0 N–H and O–H groups in total. The van der Waals surface area contributed by atoms with Crippen LogP contribution >= 0.6 is 11.3 Å². The molecule has 0 aliphatic carbocycles. The van der Waals surface area contributed by atoms with Crippen molar-refractivity contribution in [3.63, 3.8) is 0 Å². The molecule has 4 rings (SSSR count). The molecule has 0 aliphatic heterocycles. The number of hydrogen-bond acceptors (Lipinski definition) is 6. The van der Waals surface area contributed by atoms with Gasteiger partial charge in [-0.15, -0.1) is 11.3 Å². The summed E-state index contributed by atoms with van der Waals surface area (Å²) in [6.07, 6.45) is 4.04. The minimum atomic E-state index is -0.248. The van der Waals surface area contributed by atoms with Gasteiger partial charge in [-0.3, -0.25) is 4.68 Å². The summed E-state index contributed by atoms with van der Waals surface area (Å²) >= 11 is 1.48. The first-order valence-corrected chi connectivity index (χ1v) is 8.07. The molecule has 120 valence electrons. The smallest absolute Gasteiger partial charge is 0.277 e. The van der Waals surface area contributed by atoms with Gasteiger partial charge < -0.3 is 4.52 Å². The third-order valence-electron chi connectivity index (χ3n) is 3.40. The van der Waals surface area contributed by atoms with Crippen molar-refractivity contribution in [3.05, 3.63) is 58.4 Å². The average Bonchev–Trinajstić information content (AvgIpc) is 3.26. The van der Waals surface area contributed by atoms with Gasteiger partial charge in [-0.1, -0.05) is 17.3 Å². The number of thiazole rings is 1. The average molecular weight is 341 g/mol. The van der Waals surface area contributed by atoms with Gasteiger partial charge in [0.25, 0.3) is 5.89 Å². The third-order valence-corrected chi connectivity index (χ3v) is 4.25. The zero-order chi connectivity index (χ0) is 16.5. The van der Waals surface area contributed by atoms with E-state index < -0.39 is 0 Å². The number of rotatable bonds is 4. The Labute approximate surface area is 140 Å². The predicted octanol–water partition coefficient (Wildman–Crippen LogP) is 3.32. The molecule has 0 atom stereocenters. The molecule has 4 aromatic rings. The normalized spacial score (nSPS) is 11.1. The van der Waals surface area contributed by atoms with Gasteiger partial charge >= 0.3 is 0 Å². The summed E-state index contributed by atoms with van der Waals surface area (Å²) < 4.78 is 20.2. The molecule has 3 aromatic heterocycles. The van der Waals surface area contributed by atoms with Gasteiger partial charge in [0.05, 0.1) is 16.8 Å². The molecule has 0 fully saturated rings. The van der Waals surface area contributed by atoms with Gasteiger partial charge in [0.15, 0.2) is 0 Å². The largest absolute Gasteiger partial charge is 0.332 e. The molecule has 3 heterocycles. The highest BCUT2D eigenvalue weighted by molar-refractivity contribution is 7.10. The summed E-state index contributed by atoms with van der Waals surface area (Å²) in [7, 11) is 1.82. The van der Waals surface area contributed by atoms with E-state index in [2.05, 4.69) is 20.2 Å². The lowest BCUT2D eigenvalue weighted by Gasteiger charge is -1.97. The van der Waals surface area contributed by atoms with Gasteiger partial charge in [0.1, 0.15) is 11.5 Å². The van der Waals surface area contributed by atoms with Crippen LogP contribution in [0.4, 0.5) is 4.39 Å². The molecular weight excluding hydrogens is 329 g/mol. The standard InChI is InChI=1S/C16H12FN5OS/c1-22-8-11(7-18-22)15-20-16(23-21-15)13-9-24-14(19-13)6-10-3-2-4-12(17)5-10/h2-5,7-9H,6H2,1H3. The Balaban J connectivity index is 1.56. The summed E-state index contributed by atoms with van der Waals surface area (Å²) in [5, 5.41) is 10.8. The van der Waals surface area contributed by atoms with Gasteiger partial charge in [-0.25, -0.2) is 9.37 Å². The monoisotopic (exact) mass is 341 g/mol. The maximum Gasteiger partial charge on any atom is 0.277 e. The Kier molecular flexibility index (Phi) is 3.66. The van der Waals surface area contributed by atoms with Crippen molar-refractivity contribution in [2.45, 2.75) is 6.42 Å². The van der Waals surface area contributed by atoms with Crippen LogP contribution in [0.2, 0.25) is 0 Å². The first-order chi connectivity index (χ1) is 11.7. The third kappa shape index (κ3) is 2.95. The molecule has 0 spiro atoms. The number of aryl methyl sites for hydroxylation is 1. The molecule has 0 unspecified atom stereocenters. The van der Waals surface area contributed by atoms with Crippen LogP contribution in [-0.4, -0.2) is 24.9 Å². The SMILES string of the molecule is Cn1cc(-c2noc(-c3csc(Cc4cccc(F)c4)n3)n2)cn1. The molecule has 0 bridgehead atoms. The molecule has 0 saturated heterocycles. The van der Waals surface area contributed by atoms with E-state index in [1.807, 2.05) is 24.7 Å². The fraction of sp³-hybridized carbons (Fsp3) is 0.125. The van der Waals surface area contributed by atoms with Crippen LogP contribution in [0, 0.1) is 5.82 Å². The van der Waals surface area contributed by atoms with Crippen LogP contribution in [0.25, 0.3) is 23.0 Å². The highest BCUT2D eigenvalue weighted by Gasteiger charge is 2.15. The van der Waals surface area contributed by atoms with Gasteiger partial charge in [0, 0.05) is 25.0 Å². The summed E-state index contributed by atoms with van der Waals surface area (Å²) in [4.78, 5) is 8.85. The van der Waals surface area contributed by atoms with Crippen molar-refractivity contribution in [3.8, 4) is 23.0 Å². The fourth-order valence-electron chi connectivity index (χ4n) is 2.29. The second-order valence-electron chi connectivity index (χ2n) is 5.26. The van der Waals surface area contributed by atoms with E-state index in [9.17, 15) is 4.39 Å². The van der Waals surface area contributed by atoms with Crippen molar-refractivity contribution < 1.29 is 8.91 Å². The van der Waals surface area contributed by atoms with Crippen LogP contribution in [0.1, 0.15) is 10.6 Å². The summed E-state index contributed by atoms with van der Waals surface area (Å²) in [5.74, 6) is 0.579. The van der Waals surface area contributed by atoms with Crippen molar-refractivity contribution in [1.29, 1.82) is 0 Å². The minimum absolute atomic E-state index is 0.248. The number of nitrogens with zero attached hydrogens (tertiary/aromatic N) is 5. The second kappa shape index (κ2) is 5.97. The van der Waals surface area contributed by atoms with E-state index in [1.165, 1.54) is 23.5 Å². The fourth-order valence-corrected chi connectivity index (χ4v) is 3.10. The predicted molar refractivity (Wildman–Crippen MR) is 86.8 cm³/mol. The Bertz CT molecular complexity index is 990. The Morgan fingerprint density at radius 2 is 2.21 bits per heavy atom. The maximum absolute atomic E-state index is 13.2. The lowest BCUT2D eigenvalue weighted by Crippen LogP contribution is -1.88. The van der Waals surface area contributed by atoms with Crippen molar-refractivity contribution in [1.82, 2.24) is 24.9 Å². The zero-order valence-electron chi connectivity index (χ0n) is 12.7. The van der Waals surface area contributed by atoms with Crippen molar-refractivity contribution in [2.75, 3.05) is 0 Å². The Morgan fingerprint density at radius 1 is 1.29 bits per heavy atom. The molecule has 8 heteroatoms. The van der Waals surface area contributed by atoms with Crippen LogP contribution in [0.3, 0.4) is 0 Å². The molecule has 0 aliphatic rings. The molecule has 1 aromatic carbocycles. The van der Waals surface area contributed by atoms with Gasteiger partial charge in [0.2, 0.25) is 5.82 Å². The zero-order valence-corrected chi connectivity index (χ0v) is 13.5. The first-order valence-electron chi connectivity index (χ1n) is 7.19. The van der Waals surface area contributed by atoms with E-state index in [0.29, 0.717) is 23.8 Å². The molecule has 6 nitrogen and oxygen atoms in total. The summed E-state index contributed by atoms with van der Waals surface area (Å²) in [6, 6.07) is 6.50. The first kappa shape index (κ1) is 14.7. The molecular formula is C16H12FN5OS. The Morgan fingerprint density at radius 3 is 3.00 bits per heavy atom.